The SMILES string of the molecule is C1=CC2Oc3cc(-c4ccccc4)cc(-c4nc(-c5ccc6ccccc6c5)nc(-c5ccc6c(c5)oc5ccccc56)n4)c3C2C=C1. The van der Waals surface area contributed by atoms with Gasteiger partial charge in [0.15, 0.2) is 17.5 Å². The quantitative estimate of drug-likeness (QED) is 0.197. The number of allylic oxidation sites excluding steroid dienone is 2. The summed E-state index contributed by atoms with van der Waals surface area (Å²) in [5, 5.41) is 4.45. The number of benzene rings is 6. The largest absolute Gasteiger partial charge is 0.485 e. The third kappa shape index (κ3) is 4.36. The lowest BCUT2D eigenvalue weighted by Crippen LogP contribution is -2.16. The molecule has 0 N–H and O–H groups in total. The minimum absolute atomic E-state index is 0.0565. The molecular weight excluding hydrogens is 590 g/mol. The third-order valence-corrected chi connectivity index (χ3v) is 9.45. The Hall–Kier alpha value is -6.33. The Bertz CT molecular complexity index is 2620. The van der Waals surface area contributed by atoms with E-state index in [-0.39, 0.29) is 12.0 Å². The average Bonchev–Trinajstić information content (AvgIpc) is 3.72. The zero-order chi connectivity index (χ0) is 31.6. The van der Waals surface area contributed by atoms with E-state index in [1.807, 2.05) is 30.3 Å². The molecule has 0 amide bonds. The van der Waals surface area contributed by atoms with Crippen molar-refractivity contribution in [3.05, 3.63) is 157 Å². The molecule has 2 atom stereocenters. The first-order valence-corrected chi connectivity index (χ1v) is 16.2. The van der Waals surface area contributed by atoms with Gasteiger partial charge in [-0.05, 0) is 64.4 Å². The van der Waals surface area contributed by atoms with Gasteiger partial charge in [0.1, 0.15) is 23.0 Å². The van der Waals surface area contributed by atoms with E-state index in [1.54, 1.807) is 0 Å². The van der Waals surface area contributed by atoms with E-state index in [4.69, 9.17) is 24.1 Å². The molecule has 2 unspecified atom stereocenters. The summed E-state index contributed by atoms with van der Waals surface area (Å²) in [5.41, 5.74) is 7.62. The number of fused-ring (bicyclic) bond motifs is 7. The molecule has 5 nitrogen and oxygen atoms in total. The first-order valence-electron chi connectivity index (χ1n) is 16.2. The monoisotopic (exact) mass is 617 g/mol. The van der Waals surface area contributed by atoms with Crippen molar-refractivity contribution in [2.45, 2.75) is 12.0 Å². The van der Waals surface area contributed by atoms with Crippen LogP contribution in [0.2, 0.25) is 0 Å². The molecule has 0 fully saturated rings. The highest BCUT2D eigenvalue weighted by atomic mass is 16.5. The van der Waals surface area contributed by atoms with Crippen molar-refractivity contribution in [3.8, 4) is 51.0 Å². The molecule has 8 aromatic rings. The Labute approximate surface area is 276 Å². The van der Waals surface area contributed by atoms with Crippen molar-refractivity contribution in [3.63, 3.8) is 0 Å². The van der Waals surface area contributed by atoms with Crippen LogP contribution in [-0.4, -0.2) is 21.1 Å². The molecule has 0 saturated heterocycles. The number of hydrogen-bond donors (Lipinski definition) is 0. The Balaban J connectivity index is 1.22. The van der Waals surface area contributed by atoms with Gasteiger partial charge < -0.3 is 9.15 Å². The number of hydrogen-bond acceptors (Lipinski definition) is 5. The van der Waals surface area contributed by atoms with E-state index in [0.717, 1.165) is 66.5 Å². The van der Waals surface area contributed by atoms with Gasteiger partial charge in [-0.2, -0.15) is 0 Å². The van der Waals surface area contributed by atoms with Crippen molar-refractivity contribution in [2.75, 3.05) is 0 Å². The highest BCUT2D eigenvalue weighted by Crippen LogP contribution is 2.48. The maximum absolute atomic E-state index is 6.57. The summed E-state index contributed by atoms with van der Waals surface area (Å²) in [6.45, 7) is 0. The van der Waals surface area contributed by atoms with Gasteiger partial charge in [0.25, 0.3) is 0 Å². The lowest BCUT2D eigenvalue weighted by Gasteiger charge is -2.16. The van der Waals surface area contributed by atoms with E-state index in [2.05, 4.69) is 121 Å². The molecule has 0 saturated carbocycles. The second kappa shape index (κ2) is 10.6. The third-order valence-electron chi connectivity index (χ3n) is 9.45. The summed E-state index contributed by atoms with van der Waals surface area (Å²) in [4.78, 5) is 15.5. The average molecular weight is 618 g/mol. The highest BCUT2D eigenvalue weighted by Gasteiger charge is 2.36. The van der Waals surface area contributed by atoms with Crippen LogP contribution in [0.3, 0.4) is 0 Å². The maximum Gasteiger partial charge on any atom is 0.164 e. The summed E-state index contributed by atoms with van der Waals surface area (Å²) in [5.74, 6) is 2.71. The number of aromatic nitrogens is 3. The molecule has 48 heavy (non-hydrogen) atoms. The number of furan rings is 1. The lowest BCUT2D eigenvalue weighted by atomic mass is 9.87. The predicted molar refractivity (Wildman–Crippen MR) is 192 cm³/mol. The molecule has 5 heteroatoms. The van der Waals surface area contributed by atoms with Crippen LogP contribution in [0.5, 0.6) is 5.75 Å². The molecule has 10 rings (SSSR count). The Kier molecular flexibility index (Phi) is 5.93. The summed E-state index contributed by atoms with van der Waals surface area (Å²) in [7, 11) is 0. The van der Waals surface area contributed by atoms with Crippen LogP contribution in [0.25, 0.3) is 78.0 Å². The summed E-state index contributed by atoms with van der Waals surface area (Å²) in [6, 6.07) is 43.8. The van der Waals surface area contributed by atoms with Gasteiger partial charge >= 0.3 is 0 Å². The molecule has 3 heterocycles. The van der Waals surface area contributed by atoms with Crippen LogP contribution < -0.4 is 4.74 Å². The maximum atomic E-state index is 6.57. The Morgan fingerprint density at radius 2 is 1.19 bits per heavy atom. The standard InChI is InChI=1S/C43H27N3O2/c1-2-10-26(11-3-1)31-23-35(40-34-15-7-9-17-37(34)48-39(40)25-31)43-45-41(29-19-18-27-12-4-5-13-28(27)22-29)44-42(46-43)30-20-21-33-32-14-6-8-16-36(32)47-38(33)24-30/h1-25,34,37H. The van der Waals surface area contributed by atoms with Crippen LogP contribution in [0.15, 0.2) is 156 Å². The lowest BCUT2D eigenvalue weighted by molar-refractivity contribution is 0.269. The van der Waals surface area contributed by atoms with Crippen molar-refractivity contribution < 1.29 is 9.15 Å². The number of rotatable bonds is 4. The predicted octanol–water partition coefficient (Wildman–Crippen LogP) is 10.6. The number of para-hydroxylation sites is 1. The minimum atomic E-state index is -0.0773. The fourth-order valence-electron chi connectivity index (χ4n) is 7.10. The molecule has 1 aliphatic heterocycles. The zero-order valence-corrected chi connectivity index (χ0v) is 25.7. The second-order valence-corrected chi connectivity index (χ2v) is 12.4. The smallest absolute Gasteiger partial charge is 0.164 e. The number of nitrogens with zero attached hydrogens (tertiary/aromatic N) is 3. The van der Waals surface area contributed by atoms with Gasteiger partial charge in [0.2, 0.25) is 0 Å². The Morgan fingerprint density at radius 1 is 0.479 bits per heavy atom. The second-order valence-electron chi connectivity index (χ2n) is 12.4. The van der Waals surface area contributed by atoms with Gasteiger partial charge in [-0.3, -0.25) is 0 Å². The summed E-state index contributed by atoms with van der Waals surface area (Å²) in [6.07, 6.45) is 8.41. The first kappa shape index (κ1) is 26.8. The van der Waals surface area contributed by atoms with Gasteiger partial charge in [0.05, 0.1) is 0 Å². The fourth-order valence-corrected chi connectivity index (χ4v) is 7.10. The molecule has 0 bridgehead atoms. The van der Waals surface area contributed by atoms with Crippen LogP contribution in [0, 0.1) is 0 Å². The van der Waals surface area contributed by atoms with Crippen molar-refractivity contribution in [1.29, 1.82) is 0 Å². The zero-order valence-electron chi connectivity index (χ0n) is 25.7. The molecule has 0 radical (unpaired) electrons. The van der Waals surface area contributed by atoms with Crippen molar-refractivity contribution in [1.82, 2.24) is 15.0 Å². The van der Waals surface area contributed by atoms with Crippen LogP contribution in [0.1, 0.15) is 11.5 Å². The topological polar surface area (TPSA) is 61.0 Å². The van der Waals surface area contributed by atoms with E-state index in [9.17, 15) is 0 Å². The van der Waals surface area contributed by atoms with Crippen LogP contribution >= 0.6 is 0 Å². The van der Waals surface area contributed by atoms with Gasteiger partial charge in [-0.25, -0.2) is 15.0 Å². The van der Waals surface area contributed by atoms with E-state index < -0.39 is 0 Å². The van der Waals surface area contributed by atoms with E-state index >= 15 is 0 Å². The normalized spacial score (nSPS) is 16.3. The molecule has 2 aromatic heterocycles. The Morgan fingerprint density at radius 3 is 2.08 bits per heavy atom. The summed E-state index contributed by atoms with van der Waals surface area (Å²) < 4.78 is 12.8. The van der Waals surface area contributed by atoms with Crippen molar-refractivity contribution in [2.24, 2.45) is 0 Å². The van der Waals surface area contributed by atoms with E-state index in [0.29, 0.717) is 17.5 Å². The molecule has 0 spiro atoms. The first-order chi connectivity index (χ1) is 23.7. The number of ether oxygens (including phenoxy) is 1. The summed E-state index contributed by atoms with van der Waals surface area (Å²) >= 11 is 0. The molecule has 226 valence electrons. The van der Waals surface area contributed by atoms with Gasteiger partial charge in [-0.1, -0.05) is 109 Å². The highest BCUT2D eigenvalue weighted by molar-refractivity contribution is 6.05. The van der Waals surface area contributed by atoms with Crippen LogP contribution in [-0.2, 0) is 0 Å². The molecular formula is C43H27N3O2. The van der Waals surface area contributed by atoms with Crippen molar-refractivity contribution >= 4 is 32.7 Å². The minimum Gasteiger partial charge on any atom is -0.485 e. The van der Waals surface area contributed by atoms with E-state index in [1.165, 1.54) is 5.39 Å². The van der Waals surface area contributed by atoms with Gasteiger partial charge in [0, 0.05) is 38.9 Å². The molecule has 2 aliphatic rings. The molecule has 6 aromatic carbocycles. The fraction of sp³-hybridized carbons (Fsp3) is 0.0465. The van der Waals surface area contributed by atoms with Gasteiger partial charge in [-0.15, -0.1) is 0 Å². The molecule has 1 aliphatic carbocycles. The van der Waals surface area contributed by atoms with Crippen LogP contribution in [0.4, 0.5) is 0 Å².